The normalized spacial score (nSPS) is 16.6. The molecule has 2 N–H and O–H groups in total. The Kier molecular flexibility index (Phi) is 4.35. The summed E-state index contributed by atoms with van der Waals surface area (Å²) >= 11 is 0. The maximum Gasteiger partial charge on any atom is 0.240 e. The molecule has 0 saturated heterocycles. The third kappa shape index (κ3) is 2.96. The van der Waals surface area contributed by atoms with Gasteiger partial charge in [0.2, 0.25) is 11.8 Å². The second kappa shape index (κ2) is 6.19. The van der Waals surface area contributed by atoms with Crippen molar-refractivity contribution in [1.82, 2.24) is 4.90 Å². The predicted molar refractivity (Wildman–Crippen MR) is 78.3 cm³/mol. The Hall–Kier alpha value is -2.36. The number of amides is 2. The average Bonchev–Trinajstić information content (AvgIpc) is 2.63. The lowest BCUT2D eigenvalue weighted by atomic mass is 10.1. The molecule has 1 atom stereocenters. The van der Waals surface area contributed by atoms with Crippen LogP contribution in [0.2, 0.25) is 0 Å². The smallest absolute Gasteiger partial charge is 0.240 e. The highest BCUT2D eigenvalue weighted by Gasteiger charge is 2.26. The number of rotatable bonds is 4. The van der Waals surface area contributed by atoms with E-state index in [1.807, 2.05) is 49.4 Å². The van der Waals surface area contributed by atoms with Crippen LogP contribution < -0.4 is 5.73 Å². The molecule has 20 heavy (non-hydrogen) atoms. The molecule has 1 unspecified atom stereocenters. The Morgan fingerprint density at radius 2 is 2.05 bits per heavy atom. The first-order chi connectivity index (χ1) is 9.63. The average molecular weight is 270 g/mol. The van der Waals surface area contributed by atoms with Gasteiger partial charge in [-0.3, -0.25) is 9.59 Å². The van der Waals surface area contributed by atoms with Gasteiger partial charge in [0.05, 0.1) is 0 Å². The number of nitrogens with zero attached hydrogens (tertiary/aromatic N) is 1. The molecule has 1 heterocycles. The molecule has 0 fully saturated rings. The molecule has 1 aromatic rings. The first-order valence-corrected chi connectivity index (χ1v) is 6.67. The molecule has 0 saturated carbocycles. The molecule has 1 aliphatic heterocycles. The molecule has 104 valence electrons. The van der Waals surface area contributed by atoms with E-state index >= 15 is 0 Å². The standard InChI is InChI=1S/C16H18N2O2/c1-2-14(16(17)20)18-11-13(9-6-10-15(18)19)12-7-4-3-5-8-12/h3-9,11,14H,2,10H2,1H3,(H2,17,20). The second-order valence-electron chi connectivity index (χ2n) is 4.68. The molecular formula is C16H18N2O2. The molecule has 0 radical (unpaired) electrons. The number of carbonyl (C=O) groups is 2. The van der Waals surface area contributed by atoms with Gasteiger partial charge in [-0.15, -0.1) is 0 Å². The van der Waals surface area contributed by atoms with E-state index in [4.69, 9.17) is 5.73 Å². The highest BCUT2D eigenvalue weighted by molar-refractivity contribution is 5.91. The van der Waals surface area contributed by atoms with Crippen molar-refractivity contribution in [2.75, 3.05) is 0 Å². The van der Waals surface area contributed by atoms with Crippen LogP contribution in [0.3, 0.4) is 0 Å². The van der Waals surface area contributed by atoms with Crippen LogP contribution >= 0.6 is 0 Å². The van der Waals surface area contributed by atoms with Gasteiger partial charge in [0, 0.05) is 12.6 Å². The van der Waals surface area contributed by atoms with Gasteiger partial charge < -0.3 is 10.6 Å². The summed E-state index contributed by atoms with van der Waals surface area (Å²) in [5, 5.41) is 0. The zero-order valence-corrected chi connectivity index (χ0v) is 11.5. The lowest BCUT2D eigenvalue weighted by Crippen LogP contribution is -2.44. The number of hydrogen-bond acceptors (Lipinski definition) is 2. The summed E-state index contributed by atoms with van der Waals surface area (Å²) in [6.45, 7) is 1.84. The fraction of sp³-hybridized carbons (Fsp3) is 0.250. The molecule has 1 aromatic carbocycles. The Morgan fingerprint density at radius 3 is 2.65 bits per heavy atom. The van der Waals surface area contributed by atoms with Crippen LogP contribution in [0.5, 0.6) is 0 Å². The highest BCUT2D eigenvalue weighted by atomic mass is 16.2. The lowest BCUT2D eigenvalue weighted by molar-refractivity contribution is -0.135. The maximum absolute atomic E-state index is 12.1. The molecular weight excluding hydrogens is 252 g/mol. The minimum Gasteiger partial charge on any atom is -0.368 e. The highest BCUT2D eigenvalue weighted by Crippen LogP contribution is 2.22. The summed E-state index contributed by atoms with van der Waals surface area (Å²) in [6.07, 6.45) is 6.21. The Balaban J connectivity index is 2.40. The monoisotopic (exact) mass is 270 g/mol. The largest absolute Gasteiger partial charge is 0.368 e. The van der Waals surface area contributed by atoms with Crippen molar-refractivity contribution < 1.29 is 9.59 Å². The number of carbonyl (C=O) groups excluding carboxylic acids is 2. The van der Waals surface area contributed by atoms with Crippen molar-refractivity contribution in [2.24, 2.45) is 5.73 Å². The Morgan fingerprint density at radius 1 is 1.35 bits per heavy atom. The minimum atomic E-state index is -0.596. The Bertz CT molecular complexity index is 561. The lowest BCUT2D eigenvalue weighted by Gasteiger charge is -2.25. The number of primary amides is 1. The van der Waals surface area contributed by atoms with Crippen LogP contribution in [0.1, 0.15) is 25.3 Å². The van der Waals surface area contributed by atoms with Gasteiger partial charge in [0.1, 0.15) is 6.04 Å². The van der Waals surface area contributed by atoms with Crippen LogP contribution in [0.25, 0.3) is 5.57 Å². The fourth-order valence-electron chi connectivity index (χ4n) is 2.26. The summed E-state index contributed by atoms with van der Waals surface area (Å²) in [4.78, 5) is 25.1. The van der Waals surface area contributed by atoms with E-state index in [9.17, 15) is 9.59 Å². The van der Waals surface area contributed by atoms with E-state index in [2.05, 4.69) is 0 Å². The van der Waals surface area contributed by atoms with Crippen LogP contribution in [-0.4, -0.2) is 22.8 Å². The number of benzene rings is 1. The van der Waals surface area contributed by atoms with Gasteiger partial charge >= 0.3 is 0 Å². The topological polar surface area (TPSA) is 63.4 Å². The molecule has 0 bridgehead atoms. The molecule has 4 heteroatoms. The maximum atomic E-state index is 12.1. The van der Waals surface area contributed by atoms with E-state index in [1.54, 1.807) is 6.20 Å². The minimum absolute atomic E-state index is 0.113. The third-order valence-corrected chi connectivity index (χ3v) is 3.31. The van der Waals surface area contributed by atoms with E-state index in [0.717, 1.165) is 11.1 Å². The van der Waals surface area contributed by atoms with Crippen LogP contribution in [0.4, 0.5) is 0 Å². The zero-order valence-electron chi connectivity index (χ0n) is 11.5. The SMILES string of the molecule is CCC(C(N)=O)N1C=C(c2ccccc2)C=CCC1=O. The molecule has 4 nitrogen and oxygen atoms in total. The second-order valence-corrected chi connectivity index (χ2v) is 4.68. The van der Waals surface area contributed by atoms with Crippen LogP contribution in [0, 0.1) is 0 Å². The predicted octanol–water partition coefficient (Wildman–Crippen LogP) is 2.08. The summed E-state index contributed by atoms with van der Waals surface area (Å²) in [6, 6.07) is 9.15. The van der Waals surface area contributed by atoms with Crippen molar-refractivity contribution in [3.05, 3.63) is 54.2 Å². The van der Waals surface area contributed by atoms with Crippen molar-refractivity contribution in [3.8, 4) is 0 Å². The molecule has 0 spiro atoms. The van der Waals surface area contributed by atoms with Gasteiger partial charge in [-0.05, 0) is 17.6 Å². The molecule has 2 rings (SSSR count). The van der Waals surface area contributed by atoms with Crippen molar-refractivity contribution in [2.45, 2.75) is 25.8 Å². The van der Waals surface area contributed by atoms with E-state index < -0.39 is 11.9 Å². The van der Waals surface area contributed by atoms with E-state index in [-0.39, 0.29) is 12.3 Å². The summed E-state index contributed by atoms with van der Waals surface area (Å²) < 4.78 is 0. The Labute approximate surface area is 118 Å². The molecule has 2 amide bonds. The quantitative estimate of drug-likeness (QED) is 0.910. The van der Waals surface area contributed by atoms with Crippen LogP contribution in [0.15, 0.2) is 48.7 Å². The first kappa shape index (κ1) is 14.1. The van der Waals surface area contributed by atoms with E-state index in [0.29, 0.717) is 6.42 Å². The summed E-state index contributed by atoms with van der Waals surface area (Å²) in [7, 11) is 0. The van der Waals surface area contributed by atoms with Crippen molar-refractivity contribution in [3.63, 3.8) is 0 Å². The fourth-order valence-corrected chi connectivity index (χ4v) is 2.26. The van der Waals surface area contributed by atoms with E-state index in [1.165, 1.54) is 4.90 Å². The van der Waals surface area contributed by atoms with Gasteiger partial charge in [-0.25, -0.2) is 0 Å². The van der Waals surface area contributed by atoms with Gasteiger partial charge in [-0.1, -0.05) is 49.4 Å². The number of nitrogens with two attached hydrogens (primary N) is 1. The van der Waals surface area contributed by atoms with Gasteiger partial charge in [0.25, 0.3) is 0 Å². The number of allylic oxidation sites excluding steroid dienone is 2. The molecule has 0 aromatic heterocycles. The molecule has 1 aliphatic rings. The third-order valence-electron chi connectivity index (χ3n) is 3.31. The zero-order chi connectivity index (χ0) is 14.5. The number of hydrogen-bond donors (Lipinski definition) is 1. The summed E-state index contributed by atoms with van der Waals surface area (Å²) in [5.74, 6) is -0.593. The van der Waals surface area contributed by atoms with Crippen molar-refractivity contribution >= 4 is 17.4 Å². The van der Waals surface area contributed by atoms with Crippen LogP contribution in [-0.2, 0) is 9.59 Å². The van der Waals surface area contributed by atoms with Crippen molar-refractivity contribution in [1.29, 1.82) is 0 Å². The van der Waals surface area contributed by atoms with Gasteiger partial charge in [0.15, 0.2) is 0 Å². The van der Waals surface area contributed by atoms with Gasteiger partial charge in [-0.2, -0.15) is 0 Å². The molecule has 0 aliphatic carbocycles. The first-order valence-electron chi connectivity index (χ1n) is 6.67. The summed E-state index contributed by atoms with van der Waals surface area (Å²) in [5.41, 5.74) is 7.29.